The molecule has 3 aromatic carbocycles. The van der Waals surface area contributed by atoms with Gasteiger partial charge in [-0.15, -0.1) is 0 Å². The van der Waals surface area contributed by atoms with Gasteiger partial charge in [0.2, 0.25) is 0 Å². The Kier molecular flexibility index (Phi) is 4.36. The second-order valence-electron chi connectivity index (χ2n) is 8.14. The van der Waals surface area contributed by atoms with Crippen LogP contribution in [0.5, 0.6) is 5.75 Å². The molecule has 5 nitrogen and oxygen atoms in total. The number of rotatable bonds is 2. The van der Waals surface area contributed by atoms with E-state index in [4.69, 9.17) is 9.84 Å². The van der Waals surface area contributed by atoms with E-state index >= 15 is 0 Å². The van der Waals surface area contributed by atoms with Crippen LogP contribution in [-0.4, -0.2) is 21.8 Å². The van der Waals surface area contributed by atoms with E-state index in [0.717, 1.165) is 45.0 Å². The highest BCUT2D eigenvalue weighted by atomic mass is 32.2. The van der Waals surface area contributed by atoms with Gasteiger partial charge in [0.25, 0.3) is 5.24 Å². The highest BCUT2D eigenvalue weighted by molar-refractivity contribution is 8.17. The number of hydrogen-bond acceptors (Lipinski definition) is 5. The van der Waals surface area contributed by atoms with Crippen LogP contribution in [0.1, 0.15) is 34.7 Å². The summed E-state index contributed by atoms with van der Waals surface area (Å²) in [5.41, 5.74) is 5.33. The van der Waals surface area contributed by atoms with Crippen LogP contribution >= 0.6 is 11.8 Å². The lowest BCUT2D eigenvalue weighted by atomic mass is 9.95. The van der Waals surface area contributed by atoms with Crippen LogP contribution < -0.4 is 10.1 Å². The topological polar surface area (TPSA) is 53.9 Å². The zero-order chi connectivity index (χ0) is 21.7. The van der Waals surface area contributed by atoms with Crippen molar-refractivity contribution in [3.05, 3.63) is 106 Å². The first-order chi connectivity index (χ1) is 15.6. The Morgan fingerprint density at radius 2 is 1.81 bits per heavy atom. The van der Waals surface area contributed by atoms with Crippen molar-refractivity contribution in [2.75, 3.05) is 0 Å². The number of nitrogens with one attached hydrogen (secondary N) is 1. The van der Waals surface area contributed by atoms with Crippen molar-refractivity contribution in [1.29, 1.82) is 0 Å². The Balaban J connectivity index is 1.53. The summed E-state index contributed by atoms with van der Waals surface area (Å²) in [6.45, 7) is 2.06. The Morgan fingerprint density at radius 3 is 2.66 bits per heavy atom. The van der Waals surface area contributed by atoms with Crippen molar-refractivity contribution in [3.8, 4) is 5.75 Å². The third kappa shape index (κ3) is 2.94. The maximum absolute atomic E-state index is 12.7. The predicted octanol–water partition coefficient (Wildman–Crippen LogP) is 5.69. The minimum absolute atomic E-state index is 0.0329. The molecule has 0 bridgehead atoms. The molecule has 6 heteroatoms. The van der Waals surface area contributed by atoms with Crippen molar-refractivity contribution in [3.63, 3.8) is 0 Å². The number of nitrogens with zero attached hydrogens (tertiary/aromatic N) is 2. The number of carbonyl (C=O) groups excluding carboxylic acids is 1. The highest BCUT2D eigenvalue weighted by Gasteiger charge is 2.58. The van der Waals surface area contributed by atoms with E-state index in [2.05, 4.69) is 42.6 Å². The van der Waals surface area contributed by atoms with Gasteiger partial charge in [0, 0.05) is 12.0 Å². The molecule has 3 aliphatic rings. The van der Waals surface area contributed by atoms with Gasteiger partial charge in [0.1, 0.15) is 5.75 Å². The third-order valence-corrected chi connectivity index (χ3v) is 7.06. The molecule has 0 aliphatic carbocycles. The van der Waals surface area contributed by atoms with Gasteiger partial charge in [-0.25, -0.2) is 5.01 Å². The van der Waals surface area contributed by atoms with Crippen molar-refractivity contribution >= 4 is 28.8 Å². The Bertz CT molecular complexity index is 1290. The lowest BCUT2D eigenvalue weighted by Gasteiger charge is -2.45. The number of hydrogen-bond donors (Lipinski definition) is 1. The molecule has 0 radical (unpaired) electrons. The SMILES string of the molecule is Cc1ccccc1/C=C1\SC(=O)N[C@]12Oc1ccccc1[C@H]1CC(c3ccccc3)=NN12. The fraction of sp³-hybridized carbons (Fsp3) is 0.154. The van der Waals surface area contributed by atoms with Crippen molar-refractivity contribution in [2.24, 2.45) is 5.10 Å². The molecular formula is C26H21N3O2S. The van der Waals surface area contributed by atoms with E-state index in [1.54, 1.807) is 0 Å². The summed E-state index contributed by atoms with van der Waals surface area (Å²) in [5.74, 6) is -0.392. The second-order valence-corrected chi connectivity index (χ2v) is 9.16. The molecule has 2 atom stereocenters. The van der Waals surface area contributed by atoms with Crippen LogP contribution in [-0.2, 0) is 0 Å². The van der Waals surface area contributed by atoms with E-state index in [-0.39, 0.29) is 11.3 Å². The average Bonchev–Trinajstić information content (AvgIpc) is 3.39. The van der Waals surface area contributed by atoms with Crippen LogP contribution in [0.2, 0.25) is 0 Å². The molecule has 6 rings (SSSR count). The number of ether oxygens (including phenoxy) is 1. The molecule has 1 N–H and O–H groups in total. The highest BCUT2D eigenvalue weighted by Crippen LogP contribution is 2.52. The predicted molar refractivity (Wildman–Crippen MR) is 127 cm³/mol. The average molecular weight is 440 g/mol. The fourth-order valence-corrected chi connectivity index (χ4v) is 5.46. The first-order valence-electron chi connectivity index (χ1n) is 10.6. The molecule has 3 aliphatic heterocycles. The molecular weight excluding hydrogens is 418 g/mol. The van der Waals surface area contributed by atoms with Gasteiger partial charge < -0.3 is 4.74 Å². The van der Waals surface area contributed by atoms with Crippen molar-refractivity contribution < 1.29 is 9.53 Å². The molecule has 1 spiro atoms. The van der Waals surface area contributed by atoms with Gasteiger partial charge in [0.15, 0.2) is 0 Å². The Morgan fingerprint density at radius 1 is 1.06 bits per heavy atom. The zero-order valence-corrected chi connectivity index (χ0v) is 18.3. The molecule has 0 saturated carbocycles. The van der Waals surface area contributed by atoms with Crippen LogP contribution in [0, 0.1) is 6.92 Å². The fourth-order valence-electron chi connectivity index (χ4n) is 4.56. The number of para-hydroxylation sites is 1. The summed E-state index contributed by atoms with van der Waals surface area (Å²) in [6.07, 6.45) is 2.78. The van der Waals surface area contributed by atoms with E-state index < -0.39 is 5.85 Å². The number of hydrazone groups is 1. The van der Waals surface area contributed by atoms with Gasteiger partial charge in [-0.1, -0.05) is 72.8 Å². The molecule has 0 unspecified atom stereocenters. The summed E-state index contributed by atoms with van der Waals surface area (Å²) in [4.78, 5) is 13.5. The number of fused-ring (bicyclic) bond motifs is 4. The largest absolute Gasteiger partial charge is 0.444 e. The Hall–Kier alpha value is -3.51. The van der Waals surface area contributed by atoms with E-state index in [0.29, 0.717) is 0 Å². The summed E-state index contributed by atoms with van der Waals surface area (Å²) in [7, 11) is 0. The maximum Gasteiger partial charge on any atom is 0.314 e. The first-order valence-corrected chi connectivity index (χ1v) is 11.4. The Labute approximate surface area is 190 Å². The normalized spacial score (nSPS) is 24.7. The minimum atomic E-state index is -1.17. The number of carbonyl (C=O) groups is 1. The van der Waals surface area contributed by atoms with Crippen LogP contribution in [0.15, 0.2) is 88.9 Å². The molecule has 1 amide bonds. The molecule has 32 heavy (non-hydrogen) atoms. The maximum atomic E-state index is 12.7. The number of amides is 1. The summed E-state index contributed by atoms with van der Waals surface area (Å²) >= 11 is 1.17. The van der Waals surface area contributed by atoms with Gasteiger partial charge in [-0.3, -0.25) is 10.1 Å². The van der Waals surface area contributed by atoms with Gasteiger partial charge in [-0.05, 0) is 47.5 Å². The lowest BCUT2D eigenvalue weighted by Crippen LogP contribution is -2.61. The second kappa shape index (κ2) is 7.28. The van der Waals surface area contributed by atoms with Crippen molar-refractivity contribution in [1.82, 2.24) is 10.3 Å². The van der Waals surface area contributed by atoms with Crippen LogP contribution in [0.25, 0.3) is 6.08 Å². The molecule has 3 heterocycles. The van der Waals surface area contributed by atoms with Gasteiger partial charge in [-0.2, -0.15) is 5.10 Å². The van der Waals surface area contributed by atoms with Crippen LogP contribution in [0.4, 0.5) is 4.79 Å². The molecule has 3 aromatic rings. The molecule has 0 aromatic heterocycles. The molecule has 1 fully saturated rings. The number of benzene rings is 3. The van der Waals surface area contributed by atoms with Gasteiger partial charge in [0.05, 0.1) is 16.7 Å². The van der Waals surface area contributed by atoms with Gasteiger partial charge >= 0.3 is 5.85 Å². The minimum Gasteiger partial charge on any atom is -0.444 e. The first kappa shape index (κ1) is 19.2. The summed E-state index contributed by atoms with van der Waals surface area (Å²) in [5, 5.41) is 9.91. The third-order valence-electron chi connectivity index (χ3n) is 6.16. The monoisotopic (exact) mass is 439 g/mol. The quantitative estimate of drug-likeness (QED) is 0.557. The smallest absolute Gasteiger partial charge is 0.314 e. The van der Waals surface area contributed by atoms with Crippen LogP contribution in [0.3, 0.4) is 0 Å². The number of thioether (sulfide) groups is 1. The number of aryl methyl sites for hydroxylation is 1. The summed E-state index contributed by atoms with van der Waals surface area (Å²) in [6, 6.07) is 26.3. The summed E-state index contributed by atoms with van der Waals surface area (Å²) < 4.78 is 6.57. The van der Waals surface area contributed by atoms with E-state index in [1.807, 2.05) is 59.6 Å². The zero-order valence-electron chi connectivity index (χ0n) is 17.5. The van der Waals surface area contributed by atoms with E-state index in [1.165, 1.54) is 11.8 Å². The van der Waals surface area contributed by atoms with Crippen molar-refractivity contribution in [2.45, 2.75) is 25.2 Å². The molecule has 1 saturated heterocycles. The molecule has 158 valence electrons. The lowest BCUT2D eigenvalue weighted by molar-refractivity contribution is -0.0949. The van der Waals surface area contributed by atoms with E-state index in [9.17, 15) is 4.79 Å². The standard InChI is InChI=1S/C26H21N3O2S/c1-17-9-5-6-12-19(17)15-24-26(27-25(30)32-24)29-22(20-13-7-8-14-23(20)31-26)16-21(28-29)18-10-3-2-4-11-18/h2-15,22H,16H2,1H3,(H,27,30)/b24-15-/t22-,26-/m1/s1.